The molecule has 0 saturated heterocycles. The molecule has 0 radical (unpaired) electrons. The Kier molecular flexibility index (Phi) is 4.84. The van der Waals surface area contributed by atoms with Gasteiger partial charge in [-0.15, -0.1) is 0 Å². The van der Waals surface area contributed by atoms with Crippen molar-refractivity contribution in [2.24, 2.45) is 0 Å². The fourth-order valence-corrected chi connectivity index (χ4v) is 3.63. The molecule has 0 bridgehead atoms. The van der Waals surface area contributed by atoms with Crippen molar-refractivity contribution in [2.45, 2.75) is 19.4 Å². The van der Waals surface area contributed by atoms with E-state index in [1.54, 1.807) is 35.2 Å². The van der Waals surface area contributed by atoms with Gasteiger partial charge in [0.1, 0.15) is 5.69 Å². The van der Waals surface area contributed by atoms with Gasteiger partial charge in [0.05, 0.1) is 10.7 Å². The van der Waals surface area contributed by atoms with Crippen LogP contribution in [0.1, 0.15) is 33.3 Å². The van der Waals surface area contributed by atoms with E-state index in [1.165, 1.54) is 12.3 Å². The molecule has 6 heteroatoms. The Morgan fingerprint density at radius 1 is 1.11 bits per heavy atom. The molecule has 28 heavy (non-hydrogen) atoms. The van der Waals surface area contributed by atoms with Crippen molar-refractivity contribution in [3.8, 4) is 0 Å². The van der Waals surface area contributed by atoms with Crippen molar-refractivity contribution < 1.29 is 9.59 Å². The summed E-state index contributed by atoms with van der Waals surface area (Å²) in [4.78, 5) is 31.7. The zero-order valence-corrected chi connectivity index (χ0v) is 16.0. The van der Waals surface area contributed by atoms with E-state index in [4.69, 9.17) is 11.6 Å². The summed E-state index contributed by atoms with van der Waals surface area (Å²) in [6.45, 7) is 2.01. The minimum Gasteiger partial charge on any atom is -0.321 e. The lowest BCUT2D eigenvalue weighted by Gasteiger charge is -2.22. The first kappa shape index (κ1) is 18.2. The molecule has 140 valence electrons. The minimum atomic E-state index is -0.348. The Morgan fingerprint density at radius 3 is 2.68 bits per heavy atom. The second-order valence-electron chi connectivity index (χ2n) is 6.72. The van der Waals surface area contributed by atoms with Gasteiger partial charge in [-0.25, -0.2) is 0 Å². The van der Waals surface area contributed by atoms with Crippen LogP contribution in [0.3, 0.4) is 0 Å². The van der Waals surface area contributed by atoms with Gasteiger partial charge >= 0.3 is 0 Å². The number of rotatable bonds is 3. The SMILES string of the molecule is CC1Cc2ccccc2N1C(=O)c1cc(C(=O)Nc2ccccc2Cl)ccn1. The van der Waals surface area contributed by atoms with E-state index in [1.807, 2.05) is 31.2 Å². The van der Waals surface area contributed by atoms with Crippen LogP contribution in [0.15, 0.2) is 66.9 Å². The maximum absolute atomic E-state index is 13.1. The first-order valence-corrected chi connectivity index (χ1v) is 9.36. The number of aromatic nitrogens is 1. The highest BCUT2D eigenvalue weighted by Gasteiger charge is 2.32. The van der Waals surface area contributed by atoms with Gasteiger partial charge in [-0.1, -0.05) is 41.9 Å². The van der Waals surface area contributed by atoms with Gasteiger partial charge in [0, 0.05) is 23.5 Å². The quantitative estimate of drug-likeness (QED) is 0.710. The van der Waals surface area contributed by atoms with Crippen LogP contribution in [0, 0.1) is 0 Å². The van der Waals surface area contributed by atoms with Crippen molar-refractivity contribution in [3.05, 3.63) is 88.7 Å². The Bertz CT molecular complexity index is 1070. The highest BCUT2D eigenvalue weighted by Crippen LogP contribution is 2.32. The van der Waals surface area contributed by atoms with Gasteiger partial charge in [0.15, 0.2) is 0 Å². The maximum atomic E-state index is 13.1. The smallest absolute Gasteiger partial charge is 0.277 e. The van der Waals surface area contributed by atoms with E-state index in [2.05, 4.69) is 10.3 Å². The van der Waals surface area contributed by atoms with Crippen molar-refractivity contribution in [3.63, 3.8) is 0 Å². The minimum absolute atomic E-state index is 0.0345. The van der Waals surface area contributed by atoms with Crippen LogP contribution in [0.2, 0.25) is 5.02 Å². The van der Waals surface area contributed by atoms with E-state index >= 15 is 0 Å². The van der Waals surface area contributed by atoms with Crippen LogP contribution in [0.25, 0.3) is 0 Å². The van der Waals surface area contributed by atoms with Crippen LogP contribution in [-0.2, 0) is 6.42 Å². The van der Waals surface area contributed by atoms with Crippen molar-refractivity contribution in [1.82, 2.24) is 4.98 Å². The molecule has 4 rings (SSSR count). The number of fused-ring (bicyclic) bond motifs is 1. The summed E-state index contributed by atoms with van der Waals surface area (Å²) in [7, 11) is 0. The fraction of sp³-hybridized carbons (Fsp3) is 0.136. The predicted octanol–water partition coefficient (Wildman–Crippen LogP) is 4.58. The number of pyridine rings is 1. The summed E-state index contributed by atoms with van der Waals surface area (Å²) in [5.41, 5.74) is 3.12. The highest BCUT2D eigenvalue weighted by atomic mass is 35.5. The lowest BCUT2D eigenvalue weighted by Crippen LogP contribution is -2.36. The topological polar surface area (TPSA) is 62.3 Å². The Balaban J connectivity index is 1.60. The summed E-state index contributed by atoms with van der Waals surface area (Å²) in [6, 6.07) is 18.0. The Hall–Kier alpha value is -3.18. The lowest BCUT2D eigenvalue weighted by molar-refractivity contribution is 0.0976. The number of para-hydroxylation sites is 2. The van der Waals surface area contributed by atoms with Crippen molar-refractivity contribution in [2.75, 3.05) is 10.2 Å². The van der Waals surface area contributed by atoms with E-state index in [-0.39, 0.29) is 23.6 Å². The number of hydrogen-bond acceptors (Lipinski definition) is 3. The number of hydrogen-bond donors (Lipinski definition) is 1. The number of nitrogens with one attached hydrogen (secondary N) is 1. The van der Waals surface area contributed by atoms with Crippen LogP contribution < -0.4 is 10.2 Å². The molecule has 5 nitrogen and oxygen atoms in total. The van der Waals surface area contributed by atoms with E-state index in [0.717, 1.165) is 17.7 Å². The number of anilines is 2. The molecule has 2 aromatic carbocycles. The van der Waals surface area contributed by atoms with Gasteiger partial charge < -0.3 is 10.2 Å². The average Bonchev–Trinajstić information content (AvgIpc) is 3.05. The van der Waals surface area contributed by atoms with E-state index < -0.39 is 0 Å². The normalized spacial score (nSPS) is 15.2. The Morgan fingerprint density at radius 2 is 1.86 bits per heavy atom. The van der Waals surface area contributed by atoms with Gasteiger partial charge in [-0.2, -0.15) is 0 Å². The van der Waals surface area contributed by atoms with Gasteiger partial charge in [-0.3, -0.25) is 14.6 Å². The van der Waals surface area contributed by atoms with Crippen LogP contribution in [0.5, 0.6) is 0 Å². The molecular formula is C22H18ClN3O2. The maximum Gasteiger partial charge on any atom is 0.277 e. The fourth-order valence-electron chi connectivity index (χ4n) is 3.44. The lowest BCUT2D eigenvalue weighted by atomic mass is 10.1. The van der Waals surface area contributed by atoms with E-state index in [0.29, 0.717) is 16.3 Å². The number of carbonyl (C=O) groups excluding carboxylic acids is 2. The third-order valence-electron chi connectivity index (χ3n) is 4.79. The van der Waals surface area contributed by atoms with Gasteiger partial charge in [0.2, 0.25) is 0 Å². The van der Waals surface area contributed by atoms with Crippen molar-refractivity contribution >= 4 is 34.8 Å². The van der Waals surface area contributed by atoms with Gasteiger partial charge in [0.25, 0.3) is 11.8 Å². The molecule has 3 aromatic rings. The molecule has 2 amide bonds. The largest absolute Gasteiger partial charge is 0.321 e. The molecule has 0 fully saturated rings. The average molecular weight is 392 g/mol. The molecular weight excluding hydrogens is 374 g/mol. The predicted molar refractivity (Wildman–Crippen MR) is 110 cm³/mol. The number of nitrogens with zero attached hydrogens (tertiary/aromatic N) is 2. The van der Waals surface area contributed by atoms with Crippen LogP contribution >= 0.6 is 11.6 Å². The number of benzene rings is 2. The molecule has 2 heterocycles. The molecule has 1 N–H and O–H groups in total. The second-order valence-corrected chi connectivity index (χ2v) is 7.13. The molecule has 1 aliphatic heterocycles. The molecule has 1 aliphatic rings. The first-order valence-electron chi connectivity index (χ1n) is 8.98. The standard InChI is InChI=1S/C22H18ClN3O2/c1-14-12-15-6-2-5-9-20(15)26(14)22(28)19-13-16(10-11-24-19)21(27)25-18-8-4-3-7-17(18)23/h2-11,13-14H,12H2,1H3,(H,25,27). The number of carbonyl (C=O) groups is 2. The van der Waals surface area contributed by atoms with Crippen LogP contribution in [0.4, 0.5) is 11.4 Å². The molecule has 1 unspecified atom stereocenters. The molecule has 1 aromatic heterocycles. The van der Waals surface area contributed by atoms with Crippen LogP contribution in [-0.4, -0.2) is 22.8 Å². The van der Waals surface area contributed by atoms with Crippen molar-refractivity contribution in [1.29, 1.82) is 0 Å². The summed E-state index contributed by atoms with van der Waals surface area (Å²) in [6.07, 6.45) is 2.27. The number of amides is 2. The summed E-state index contributed by atoms with van der Waals surface area (Å²) < 4.78 is 0. The summed E-state index contributed by atoms with van der Waals surface area (Å²) in [5, 5.41) is 3.21. The first-order chi connectivity index (χ1) is 13.5. The highest BCUT2D eigenvalue weighted by molar-refractivity contribution is 6.33. The third-order valence-corrected chi connectivity index (χ3v) is 5.12. The zero-order valence-electron chi connectivity index (χ0n) is 15.2. The summed E-state index contributed by atoms with van der Waals surface area (Å²) >= 11 is 6.10. The molecule has 1 atom stereocenters. The number of halogens is 1. The van der Waals surface area contributed by atoms with Gasteiger partial charge in [-0.05, 0) is 49.2 Å². The van der Waals surface area contributed by atoms with E-state index in [9.17, 15) is 9.59 Å². The molecule has 0 spiro atoms. The Labute approximate surface area is 168 Å². The third kappa shape index (κ3) is 3.37. The summed E-state index contributed by atoms with van der Waals surface area (Å²) in [5.74, 6) is -0.565. The zero-order chi connectivity index (χ0) is 19.7. The monoisotopic (exact) mass is 391 g/mol. The molecule has 0 aliphatic carbocycles. The molecule has 0 saturated carbocycles. The second kappa shape index (κ2) is 7.44.